The van der Waals surface area contributed by atoms with Gasteiger partial charge in [0.25, 0.3) is 0 Å². The normalized spacial score (nSPS) is 10.7. The van der Waals surface area contributed by atoms with E-state index in [-0.39, 0.29) is 12.2 Å². The number of halogens is 1. The second-order valence-corrected chi connectivity index (χ2v) is 5.65. The third kappa shape index (κ3) is 2.92. The van der Waals surface area contributed by atoms with Gasteiger partial charge in [-0.15, -0.1) is 0 Å². The van der Waals surface area contributed by atoms with Gasteiger partial charge in [-0.05, 0) is 48.7 Å². The molecule has 4 nitrogen and oxygen atoms in total. The van der Waals surface area contributed by atoms with Gasteiger partial charge < -0.3 is 9.67 Å². The third-order valence-electron chi connectivity index (χ3n) is 3.89. The zero-order valence-corrected chi connectivity index (χ0v) is 13.6. The Morgan fingerprint density at radius 1 is 1.23 bits per heavy atom. The molecule has 0 saturated heterocycles. The lowest BCUT2D eigenvalue weighted by atomic mass is 10.0. The standard InChI is InChI=1S/C17H18ClNO3/c1-4-13-10(2)16(19(3)14(13)9-15(20)21)17(22)11-5-7-12(18)8-6-11/h5-8H,4,9H2,1-3H3,(H,20,21). The van der Waals surface area contributed by atoms with E-state index < -0.39 is 5.97 Å². The molecule has 0 atom stereocenters. The van der Waals surface area contributed by atoms with Crippen molar-refractivity contribution in [2.45, 2.75) is 26.7 Å². The highest BCUT2D eigenvalue weighted by Gasteiger charge is 2.23. The lowest BCUT2D eigenvalue weighted by Crippen LogP contribution is -2.12. The Balaban J connectivity index is 2.55. The Labute approximate surface area is 134 Å². The first-order valence-electron chi connectivity index (χ1n) is 7.05. The molecule has 1 heterocycles. The molecule has 0 aliphatic heterocycles. The largest absolute Gasteiger partial charge is 0.481 e. The molecule has 2 rings (SSSR count). The van der Waals surface area contributed by atoms with Crippen molar-refractivity contribution in [2.75, 3.05) is 0 Å². The topological polar surface area (TPSA) is 59.3 Å². The number of carbonyl (C=O) groups is 2. The van der Waals surface area contributed by atoms with Crippen molar-refractivity contribution in [1.29, 1.82) is 0 Å². The molecule has 0 aliphatic rings. The maximum atomic E-state index is 12.8. The fourth-order valence-electron chi connectivity index (χ4n) is 2.85. The molecule has 1 aromatic carbocycles. The van der Waals surface area contributed by atoms with Crippen molar-refractivity contribution in [1.82, 2.24) is 4.57 Å². The van der Waals surface area contributed by atoms with Crippen molar-refractivity contribution < 1.29 is 14.7 Å². The number of hydrogen-bond acceptors (Lipinski definition) is 2. The third-order valence-corrected chi connectivity index (χ3v) is 4.14. The Morgan fingerprint density at radius 3 is 2.32 bits per heavy atom. The van der Waals surface area contributed by atoms with Crippen LogP contribution in [0.5, 0.6) is 0 Å². The average Bonchev–Trinajstić information content (AvgIpc) is 2.69. The molecule has 0 unspecified atom stereocenters. The van der Waals surface area contributed by atoms with Gasteiger partial charge in [0.05, 0.1) is 12.1 Å². The Kier molecular flexibility index (Phi) is 4.71. The minimum Gasteiger partial charge on any atom is -0.481 e. The van der Waals surface area contributed by atoms with E-state index in [0.717, 1.165) is 11.1 Å². The van der Waals surface area contributed by atoms with Crippen LogP contribution in [0.15, 0.2) is 24.3 Å². The van der Waals surface area contributed by atoms with Gasteiger partial charge in [-0.1, -0.05) is 18.5 Å². The second-order valence-electron chi connectivity index (χ2n) is 5.22. The quantitative estimate of drug-likeness (QED) is 0.859. The number of benzene rings is 1. The van der Waals surface area contributed by atoms with Crippen LogP contribution in [-0.4, -0.2) is 21.4 Å². The zero-order chi connectivity index (χ0) is 16.4. The maximum Gasteiger partial charge on any atom is 0.309 e. The van der Waals surface area contributed by atoms with E-state index in [1.165, 1.54) is 0 Å². The number of hydrogen-bond donors (Lipinski definition) is 1. The van der Waals surface area contributed by atoms with E-state index >= 15 is 0 Å². The number of aromatic nitrogens is 1. The fourth-order valence-corrected chi connectivity index (χ4v) is 2.97. The number of aliphatic carboxylic acids is 1. The van der Waals surface area contributed by atoms with Gasteiger partial charge in [0.2, 0.25) is 5.78 Å². The smallest absolute Gasteiger partial charge is 0.309 e. The molecule has 0 spiro atoms. The van der Waals surface area contributed by atoms with Gasteiger partial charge in [0.15, 0.2) is 0 Å². The highest BCUT2D eigenvalue weighted by Crippen LogP contribution is 2.25. The lowest BCUT2D eigenvalue weighted by Gasteiger charge is -2.07. The molecule has 0 fully saturated rings. The molecule has 22 heavy (non-hydrogen) atoms. The molecule has 0 aliphatic carbocycles. The highest BCUT2D eigenvalue weighted by atomic mass is 35.5. The zero-order valence-electron chi connectivity index (χ0n) is 12.8. The Hall–Kier alpha value is -2.07. The summed E-state index contributed by atoms with van der Waals surface area (Å²) in [6.07, 6.45) is 0.602. The van der Waals surface area contributed by atoms with E-state index in [1.54, 1.807) is 35.9 Å². The predicted octanol–water partition coefficient (Wildman–Crippen LogP) is 3.41. The van der Waals surface area contributed by atoms with Crippen LogP contribution in [0.2, 0.25) is 5.02 Å². The maximum absolute atomic E-state index is 12.8. The highest BCUT2D eigenvalue weighted by molar-refractivity contribution is 6.30. The fraction of sp³-hybridized carbons (Fsp3) is 0.294. The summed E-state index contributed by atoms with van der Waals surface area (Å²) in [5.41, 5.74) is 3.54. The SMILES string of the molecule is CCc1c(C)c(C(=O)c2ccc(Cl)cc2)n(C)c1CC(=O)O. The monoisotopic (exact) mass is 319 g/mol. The van der Waals surface area contributed by atoms with E-state index in [0.29, 0.717) is 28.4 Å². The van der Waals surface area contributed by atoms with Gasteiger partial charge in [-0.2, -0.15) is 0 Å². The molecule has 5 heteroatoms. The molecule has 0 bridgehead atoms. The molecule has 116 valence electrons. The van der Waals surface area contributed by atoms with Crippen LogP contribution >= 0.6 is 11.6 Å². The summed E-state index contributed by atoms with van der Waals surface area (Å²) in [4.78, 5) is 23.8. The number of ketones is 1. The van der Waals surface area contributed by atoms with Crippen molar-refractivity contribution in [3.8, 4) is 0 Å². The molecular formula is C17H18ClNO3. The van der Waals surface area contributed by atoms with Crippen LogP contribution in [0, 0.1) is 6.92 Å². The molecular weight excluding hydrogens is 302 g/mol. The summed E-state index contributed by atoms with van der Waals surface area (Å²) in [7, 11) is 1.74. The number of carboxylic acids is 1. The minimum absolute atomic E-state index is 0.0889. The molecule has 0 amide bonds. The van der Waals surface area contributed by atoms with Crippen molar-refractivity contribution >= 4 is 23.4 Å². The number of carbonyl (C=O) groups excluding carboxylic acids is 1. The summed E-state index contributed by atoms with van der Waals surface area (Å²) in [5, 5.41) is 9.66. The van der Waals surface area contributed by atoms with E-state index in [4.69, 9.17) is 16.7 Å². The van der Waals surface area contributed by atoms with Crippen molar-refractivity contribution in [3.63, 3.8) is 0 Å². The lowest BCUT2D eigenvalue weighted by molar-refractivity contribution is -0.136. The van der Waals surface area contributed by atoms with E-state index in [9.17, 15) is 9.59 Å². The van der Waals surface area contributed by atoms with Gasteiger partial charge in [0.1, 0.15) is 0 Å². The van der Waals surface area contributed by atoms with E-state index in [1.807, 2.05) is 13.8 Å². The first-order valence-corrected chi connectivity index (χ1v) is 7.43. The van der Waals surface area contributed by atoms with Crippen LogP contribution in [0.4, 0.5) is 0 Å². The number of nitrogens with zero attached hydrogens (tertiary/aromatic N) is 1. The van der Waals surface area contributed by atoms with Gasteiger partial charge in [0, 0.05) is 23.3 Å². The summed E-state index contributed by atoms with van der Waals surface area (Å²) in [6.45, 7) is 3.83. The first kappa shape index (κ1) is 16.3. The number of rotatable bonds is 5. The van der Waals surface area contributed by atoms with Crippen LogP contribution in [0.25, 0.3) is 0 Å². The van der Waals surface area contributed by atoms with Crippen LogP contribution in [0.1, 0.15) is 39.8 Å². The summed E-state index contributed by atoms with van der Waals surface area (Å²) in [6, 6.07) is 6.71. The van der Waals surface area contributed by atoms with Gasteiger partial charge in [-0.25, -0.2) is 0 Å². The predicted molar refractivity (Wildman–Crippen MR) is 85.8 cm³/mol. The average molecular weight is 320 g/mol. The summed E-state index contributed by atoms with van der Waals surface area (Å²) >= 11 is 5.85. The first-order chi connectivity index (χ1) is 10.4. The molecule has 1 N–H and O–H groups in total. The molecule has 0 saturated carbocycles. The minimum atomic E-state index is -0.902. The Bertz CT molecular complexity index is 729. The second kappa shape index (κ2) is 6.36. The van der Waals surface area contributed by atoms with Crippen LogP contribution < -0.4 is 0 Å². The van der Waals surface area contributed by atoms with Gasteiger partial charge in [-0.3, -0.25) is 9.59 Å². The number of carboxylic acid groups (broad SMARTS) is 1. The Morgan fingerprint density at radius 2 is 1.82 bits per heavy atom. The summed E-state index contributed by atoms with van der Waals surface area (Å²) < 4.78 is 1.71. The van der Waals surface area contributed by atoms with Gasteiger partial charge >= 0.3 is 5.97 Å². The molecule has 1 aromatic heterocycles. The summed E-state index contributed by atoms with van der Waals surface area (Å²) in [5.74, 6) is -1.02. The van der Waals surface area contributed by atoms with E-state index in [2.05, 4.69) is 0 Å². The molecule has 0 radical (unpaired) electrons. The van der Waals surface area contributed by atoms with Crippen LogP contribution in [0.3, 0.4) is 0 Å². The van der Waals surface area contributed by atoms with Crippen molar-refractivity contribution in [3.05, 3.63) is 57.4 Å². The van der Waals surface area contributed by atoms with Crippen LogP contribution in [-0.2, 0) is 24.7 Å². The molecule has 2 aromatic rings. The van der Waals surface area contributed by atoms with Crippen molar-refractivity contribution in [2.24, 2.45) is 7.05 Å².